The molecule has 1 unspecified atom stereocenters. The minimum Gasteiger partial charge on any atom is -0.483 e. The molecule has 1 amide bonds. The molecule has 0 aliphatic carbocycles. The van der Waals surface area contributed by atoms with Crippen LogP contribution in [-0.2, 0) is 0 Å². The Balaban J connectivity index is 2.45. The molecule has 4 heteroatoms. The summed E-state index contributed by atoms with van der Waals surface area (Å²) in [6.07, 6.45) is -0.825. The van der Waals surface area contributed by atoms with Gasteiger partial charge in [-0.15, -0.1) is 0 Å². The minimum absolute atomic E-state index is 0.249. The third kappa shape index (κ3) is 1.60. The van der Waals surface area contributed by atoms with Crippen molar-refractivity contribution in [3.8, 4) is 11.5 Å². The first-order valence-electron chi connectivity index (χ1n) is 5.21. The number of nitrogens with two attached hydrogens (primary N) is 1. The molecule has 0 bridgehead atoms. The number of amides is 1. The van der Waals surface area contributed by atoms with Gasteiger partial charge in [0.1, 0.15) is 5.60 Å². The van der Waals surface area contributed by atoms with Crippen LogP contribution in [0.5, 0.6) is 11.5 Å². The number of primary amides is 1. The maximum absolute atomic E-state index is 10.8. The molecule has 2 rings (SSSR count). The Morgan fingerprint density at radius 2 is 2.19 bits per heavy atom. The zero-order valence-corrected chi connectivity index (χ0v) is 9.61. The van der Waals surface area contributed by atoms with Gasteiger partial charge in [0.05, 0.1) is 0 Å². The second-order valence-electron chi connectivity index (χ2n) is 4.52. The van der Waals surface area contributed by atoms with E-state index in [0.717, 1.165) is 5.56 Å². The van der Waals surface area contributed by atoms with Crippen LogP contribution in [0.2, 0.25) is 0 Å². The summed E-state index contributed by atoms with van der Waals surface area (Å²) in [5, 5.41) is 0. The smallest absolute Gasteiger partial charge is 0.410 e. The molecule has 86 valence electrons. The molecule has 4 nitrogen and oxygen atoms in total. The van der Waals surface area contributed by atoms with Crippen LogP contribution >= 0.6 is 0 Å². The lowest BCUT2D eigenvalue weighted by Crippen LogP contribution is -2.28. The zero-order valence-electron chi connectivity index (χ0n) is 9.61. The topological polar surface area (TPSA) is 61.5 Å². The number of benzene rings is 1. The number of rotatable bonds is 1. The summed E-state index contributed by atoms with van der Waals surface area (Å²) >= 11 is 0. The molecule has 0 saturated heterocycles. The van der Waals surface area contributed by atoms with Crippen molar-refractivity contribution in [2.75, 3.05) is 0 Å². The maximum Gasteiger partial charge on any atom is 0.410 e. The van der Waals surface area contributed by atoms with Gasteiger partial charge in [-0.1, -0.05) is 19.1 Å². The summed E-state index contributed by atoms with van der Waals surface area (Å²) in [4.78, 5) is 10.8. The molecule has 1 aromatic carbocycles. The van der Waals surface area contributed by atoms with Crippen LogP contribution in [0.4, 0.5) is 4.79 Å². The molecule has 0 fully saturated rings. The predicted molar refractivity (Wildman–Crippen MR) is 59.8 cm³/mol. The molecule has 0 aromatic heterocycles. The Hall–Kier alpha value is -1.71. The van der Waals surface area contributed by atoms with Crippen LogP contribution in [0.3, 0.4) is 0 Å². The van der Waals surface area contributed by atoms with Crippen molar-refractivity contribution in [1.29, 1.82) is 0 Å². The number of carbonyl (C=O) groups is 1. The molecular weight excluding hydrogens is 206 g/mol. The number of hydrogen-bond acceptors (Lipinski definition) is 3. The molecule has 1 atom stereocenters. The molecule has 16 heavy (non-hydrogen) atoms. The molecule has 0 spiro atoms. The third-order valence-electron chi connectivity index (χ3n) is 3.09. The van der Waals surface area contributed by atoms with Crippen molar-refractivity contribution in [3.05, 3.63) is 23.8 Å². The van der Waals surface area contributed by atoms with Gasteiger partial charge in [0.2, 0.25) is 0 Å². The Morgan fingerprint density at radius 1 is 1.50 bits per heavy atom. The van der Waals surface area contributed by atoms with Crippen molar-refractivity contribution in [2.45, 2.75) is 32.3 Å². The van der Waals surface area contributed by atoms with E-state index < -0.39 is 6.09 Å². The van der Waals surface area contributed by atoms with E-state index >= 15 is 0 Å². The highest BCUT2D eigenvalue weighted by molar-refractivity contribution is 5.70. The summed E-state index contributed by atoms with van der Waals surface area (Å²) in [6.45, 7) is 6.09. The second kappa shape index (κ2) is 3.40. The van der Waals surface area contributed by atoms with Gasteiger partial charge in [0.15, 0.2) is 11.5 Å². The van der Waals surface area contributed by atoms with Gasteiger partial charge < -0.3 is 15.2 Å². The minimum atomic E-state index is -0.825. The maximum atomic E-state index is 10.8. The molecular formula is C12H15NO3. The molecule has 1 aromatic rings. The van der Waals surface area contributed by atoms with Crippen LogP contribution in [0.15, 0.2) is 18.2 Å². The fourth-order valence-corrected chi connectivity index (χ4v) is 1.90. The van der Waals surface area contributed by atoms with E-state index in [9.17, 15) is 4.79 Å². The first-order chi connectivity index (χ1) is 7.42. The number of carbonyl (C=O) groups excluding carboxylic acids is 1. The first-order valence-corrected chi connectivity index (χ1v) is 5.21. The average Bonchev–Trinajstić information content (AvgIpc) is 2.40. The lowest BCUT2D eigenvalue weighted by atomic mass is 9.89. The molecule has 1 aliphatic rings. The summed E-state index contributed by atoms with van der Waals surface area (Å²) in [5.74, 6) is 1.26. The van der Waals surface area contributed by atoms with E-state index in [-0.39, 0.29) is 11.5 Å². The van der Waals surface area contributed by atoms with Crippen LogP contribution in [0.1, 0.15) is 32.3 Å². The molecule has 0 radical (unpaired) electrons. The van der Waals surface area contributed by atoms with Gasteiger partial charge in [-0.3, -0.25) is 0 Å². The van der Waals surface area contributed by atoms with Gasteiger partial charge in [-0.25, -0.2) is 4.79 Å². The standard InChI is InChI=1S/C12H15NO3/c1-7-8-5-4-6-9(15-11(13)14)10(8)16-12(7,2)3/h4-7H,1-3H3,(H2,13,14). The average molecular weight is 221 g/mol. The number of ether oxygens (including phenoxy) is 2. The SMILES string of the molecule is CC1c2cccc(OC(N)=O)c2OC1(C)C. The zero-order chi connectivity index (χ0) is 11.9. The summed E-state index contributed by atoms with van der Waals surface area (Å²) in [5.41, 5.74) is 5.76. The fourth-order valence-electron chi connectivity index (χ4n) is 1.90. The highest BCUT2D eigenvalue weighted by Crippen LogP contribution is 2.48. The monoisotopic (exact) mass is 221 g/mol. The lowest BCUT2D eigenvalue weighted by Gasteiger charge is -2.23. The van der Waals surface area contributed by atoms with E-state index in [1.54, 1.807) is 6.07 Å². The molecule has 0 saturated carbocycles. The Labute approximate surface area is 94.3 Å². The highest BCUT2D eigenvalue weighted by Gasteiger charge is 2.39. The fraction of sp³-hybridized carbons (Fsp3) is 0.417. The summed E-state index contributed by atoms with van der Waals surface area (Å²) < 4.78 is 10.7. The van der Waals surface area contributed by atoms with Gasteiger partial charge >= 0.3 is 6.09 Å². The predicted octanol–water partition coefficient (Wildman–Crippen LogP) is 2.42. The Bertz CT molecular complexity index is 440. The quantitative estimate of drug-likeness (QED) is 0.792. The van der Waals surface area contributed by atoms with Crippen LogP contribution < -0.4 is 15.2 Å². The van der Waals surface area contributed by atoms with Crippen LogP contribution in [-0.4, -0.2) is 11.7 Å². The normalized spacial score (nSPS) is 21.1. The van der Waals surface area contributed by atoms with Gasteiger partial charge in [0, 0.05) is 11.5 Å². The van der Waals surface area contributed by atoms with Gasteiger partial charge in [-0.2, -0.15) is 0 Å². The van der Waals surface area contributed by atoms with Gasteiger partial charge in [-0.05, 0) is 19.9 Å². The van der Waals surface area contributed by atoms with Gasteiger partial charge in [0.25, 0.3) is 0 Å². The van der Waals surface area contributed by atoms with Crippen LogP contribution in [0, 0.1) is 0 Å². The number of hydrogen-bond donors (Lipinski definition) is 1. The van der Waals surface area contributed by atoms with Crippen molar-refractivity contribution in [2.24, 2.45) is 5.73 Å². The van der Waals surface area contributed by atoms with Crippen molar-refractivity contribution >= 4 is 6.09 Å². The van der Waals surface area contributed by atoms with E-state index in [1.807, 2.05) is 26.0 Å². The second-order valence-corrected chi connectivity index (χ2v) is 4.52. The molecule has 2 N–H and O–H groups in total. The molecule has 1 heterocycles. The number of fused-ring (bicyclic) bond motifs is 1. The van der Waals surface area contributed by atoms with E-state index in [0.29, 0.717) is 11.5 Å². The van der Waals surface area contributed by atoms with E-state index in [1.165, 1.54) is 0 Å². The summed E-state index contributed by atoms with van der Waals surface area (Å²) in [7, 11) is 0. The van der Waals surface area contributed by atoms with Crippen molar-refractivity contribution in [3.63, 3.8) is 0 Å². The van der Waals surface area contributed by atoms with Crippen molar-refractivity contribution in [1.82, 2.24) is 0 Å². The first kappa shape index (κ1) is 10.8. The van der Waals surface area contributed by atoms with Crippen molar-refractivity contribution < 1.29 is 14.3 Å². The summed E-state index contributed by atoms with van der Waals surface area (Å²) in [6, 6.07) is 5.48. The molecule has 1 aliphatic heterocycles. The largest absolute Gasteiger partial charge is 0.483 e. The van der Waals surface area contributed by atoms with Crippen LogP contribution in [0.25, 0.3) is 0 Å². The lowest BCUT2D eigenvalue weighted by molar-refractivity contribution is 0.112. The van der Waals surface area contributed by atoms with E-state index in [2.05, 4.69) is 6.92 Å². The number of para-hydroxylation sites is 1. The third-order valence-corrected chi connectivity index (χ3v) is 3.09. The Kier molecular flexibility index (Phi) is 2.30. The Morgan fingerprint density at radius 3 is 2.81 bits per heavy atom. The van der Waals surface area contributed by atoms with E-state index in [4.69, 9.17) is 15.2 Å². The highest BCUT2D eigenvalue weighted by atomic mass is 16.6.